The molecule has 14 heteroatoms. The highest BCUT2D eigenvalue weighted by molar-refractivity contribution is 7.89. The summed E-state index contributed by atoms with van der Waals surface area (Å²) in [5.41, 5.74) is 2.92. The molecule has 0 aromatic heterocycles. The Hall–Kier alpha value is -3.06. The van der Waals surface area contributed by atoms with Gasteiger partial charge in [0.25, 0.3) is 5.91 Å². The van der Waals surface area contributed by atoms with Crippen LogP contribution in [0.2, 0.25) is 0 Å². The number of nitriles is 1. The number of nitrogens with one attached hydrogen (secondary N) is 2. The van der Waals surface area contributed by atoms with E-state index in [9.17, 15) is 21.6 Å². The molecule has 1 aliphatic rings. The monoisotopic (exact) mass is 537 g/mol. The number of amides is 1. The number of carbonyl (C=O) groups excluding carboxylic acids is 1. The number of benzene rings is 2. The molecule has 0 aliphatic carbocycles. The van der Waals surface area contributed by atoms with Gasteiger partial charge in [0.1, 0.15) is 18.4 Å². The Bertz CT molecular complexity index is 1300. The maximum atomic E-state index is 12.8. The molecule has 12 nitrogen and oxygen atoms in total. The van der Waals surface area contributed by atoms with Gasteiger partial charge in [-0.25, -0.2) is 27.0 Å². The normalized spacial score (nSPS) is 16.1. The number of hydroxylamine groups is 1. The van der Waals surface area contributed by atoms with Crippen molar-refractivity contribution in [2.45, 2.75) is 17.5 Å². The average Bonchev–Trinajstić information content (AvgIpc) is 2.87. The zero-order valence-electron chi connectivity index (χ0n) is 19.5. The summed E-state index contributed by atoms with van der Waals surface area (Å²) in [4.78, 5) is 13.8. The zero-order chi connectivity index (χ0) is 26.3. The first kappa shape index (κ1) is 27.5. The molecular weight excluding hydrogens is 510 g/mol. The van der Waals surface area contributed by atoms with Crippen molar-refractivity contribution >= 4 is 26.0 Å². The Kier molecular flexibility index (Phi) is 9.01. The van der Waals surface area contributed by atoms with Gasteiger partial charge in [0.2, 0.25) is 20.0 Å². The minimum Gasteiger partial charge on any atom is -0.489 e. The third-order valence-electron chi connectivity index (χ3n) is 5.69. The minimum atomic E-state index is -3.99. The third kappa shape index (κ3) is 7.23. The first-order valence-electron chi connectivity index (χ1n) is 10.9. The van der Waals surface area contributed by atoms with Crippen molar-refractivity contribution in [3.05, 3.63) is 59.7 Å². The fraction of sp³-hybridized carbons (Fsp3) is 0.364. The van der Waals surface area contributed by atoms with Crippen molar-refractivity contribution in [3.8, 4) is 11.8 Å². The predicted octanol–water partition coefficient (Wildman–Crippen LogP) is -0.133. The van der Waals surface area contributed by atoms with Gasteiger partial charge < -0.3 is 4.74 Å². The lowest BCUT2D eigenvalue weighted by Gasteiger charge is -2.37. The number of hydrogen-bond donors (Lipinski definition) is 3. The molecule has 36 heavy (non-hydrogen) atoms. The van der Waals surface area contributed by atoms with E-state index < -0.39 is 32.0 Å². The van der Waals surface area contributed by atoms with Crippen molar-refractivity contribution in [2.24, 2.45) is 0 Å². The maximum Gasteiger partial charge on any atom is 0.262 e. The molecule has 1 heterocycles. The van der Waals surface area contributed by atoms with Crippen LogP contribution in [0.5, 0.6) is 5.75 Å². The molecule has 0 bridgehead atoms. The molecule has 3 N–H and O–H groups in total. The van der Waals surface area contributed by atoms with E-state index in [2.05, 4.69) is 4.72 Å². The van der Waals surface area contributed by atoms with Crippen molar-refractivity contribution < 1.29 is 31.6 Å². The van der Waals surface area contributed by atoms with Crippen molar-refractivity contribution in [1.82, 2.24) is 19.4 Å². The van der Waals surface area contributed by atoms with Gasteiger partial charge in [0.05, 0.1) is 22.8 Å². The quantitative estimate of drug-likeness (QED) is 0.276. The van der Waals surface area contributed by atoms with E-state index in [0.29, 0.717) is 11.3 Å². The van der Waals surface area contributed by atoms with Crippen LogP contribution in [0.25, 0.3) is 0 Å². The van der Waals surface area contributed by atoms with E-state index in [1.54, 1.807) is 34.6 Å². The van der Waals surface area contributed by atoms with Gasteiger partial charge in [-0.2, -0.15) is 9.57 Å². The van der Waals surface area contributed by atoms with Crippen molar-refractivity contribution in [2.75, 3.05) is 39.0 Å². The number of carbonyl (C=O) groups is 1. The molecule has 1 fully saturated rings. The molecule has 1 atom stereocenters. The molecule has 0 saturated carbocycles. The highest BCUT2D eigenvalue weighted by atomic mass is 32.2. The van der Waals surface area contributed by atoms with E-state index >= 15 is 0 Å². The summed E-state index contributed by atoms with van der Waals surface area (Å²) >= 11 is 0. The molecule has 194 valence electrons. The third-order valence-corrected chi connectivity index (χ3v) is 8.43. The van der Waals surface area contributed by atoms with Crippen LogP contribution in [0.4, 0.5) is 0 Å². The second-order valence-corrected chi connectivity index (χ2v) is 11.9. The number of ether oxygens (including phenoxy) is 1. The summed E-state index contributed by atoms with van der Waals surface area (Å²) < 4.78 is 58.3. The van der Waals surface area contributed by atoms with Gasteiger partial charge in [-0.05, 0) is 42.0 Å². The summed E-state index contributed by atoms with van der Waals surface area (Å²) in [6.45, 7) is 0.580. The Balaban J connectivity index is 1.59. The minimum absolute atomic E-state index is 0.0433. The smallest absolute Gasteiger partial charge is 0.262 e. The van der Waals surface area contributed by atoms with E-state index in [4.69, 9.17) is 15.2 Å². The molecule has 3 rings (SSSR count). The lowest BCUT2D eigenvalue weighted by atomic mass is 10.2. The van der Waals surface area contributed by atoms with Crippen LogP contribution in [0, 0.1) is 11.3 Å². The standard InChI is InChI=1S/C22H27N5O7S2/c1-35(30,31)27-12-10-26(11-13-27)21(22(28)25-29)15-24-36(32,33)20-8-6-19(7-9-20)34-16-18-4-2-17(14-23)3-5-18/h2-9,21,24,29H,10-13,15-16H2,1H3,(H,25,28). The van der Waals surface area contributed by atoms with Crippen LogP contribution in [0.15, 0.2) is 53.4 Å². The lowest BCUT2D eigenvalue weighted by molar-refractivity contribution is -0.135. The number of sulfonamides is 2. The van der Waals surface area contributed by atoms with E-state index in [-0.39, 0.29) is 44.2 Å². The molecule has 1 saturated heterocycles. The highest BCUT2D eigenvalue weighted by Crippen LogP contribution is 2.18. The summed E-state index contributed by atoms with van der Waals surface area (Å²) in [5.74, 6) is -0.364. The van der Waals surface area contributed by atoms with Crippen LogP contribution in [0.1, 0.15) is 11.1 Å². The molecule has 1 amide bonds. The second kappa shape index (κ2) is 11.8. The molecule has 0 radical (unpaired) electrons. The van der Waals surface area contributed by atoms with Gasteiger partial charge in [-0.1, -0.05) is 12.1 Å². The molecule has 1 unspecified atom stereocenters. The van der Waals surface area contributed by atoms with Crippen molar-refractivity contribution in [3.63, 3.8) is 0 Å². The van der Waals surface area contributed by atoms with Gasteiger partial charge in [-0.3, -0.25) is 14.9 Å². The molecule has 2 aromatic carbocycles. The van der Waals surface area contributed by atoms with E-state index in [1.165, 1.54) is 28.6 Å². The maximum absolute atomic E-state index is 12.8. The Morgan fingerprint density at radius 1 is 1.06 bits per heavy atom. The number of hydrogen-bond acceptors (Lipinski definition) is 9. The number of rotatable bonds is 10. The average molecular weight is 538 g/mol. The lowest BCUT2D eigenvalue weighted by Crippen LogP contribution is -2.58. The van der Waals surface area contributed by atoms with Crippen LogP contribution in [-0.2, 0) is 31.4 Å². The molecule has 2 aromatic rings. The van der Waals surface area contributed by atoms with Gasteiger partial charge in [0, 0.05) is 32.7 Å². The van der Waals surface area contributed by atoms with E-state index in [1.807, 2.05) is 6.07 Å². The topological polar surface area (TPSA) is 169 Å². The summed E-state index contributed by atoms with van der Waals surface area (Å²) in [6.07, 6.45) is 1.10. The number of piperazine rings is 1. The Morgan fingerprint density at radius 2 is 1.67 bits per heavy atom. The van der Waals surface area contributed by atoms with Crippen molar-refractivity contribution in [1.29, 1.82) is 5.26 Å². The summed E-state index contributed by atoms with van der Waals surface area (Å²) in [5, 5.41) is 18.0. The second-order valence-electron chi connectivity index (χ2n) is 8.11. The first-order chi connectivity index (χ1) is 17.0. The summed E-state index contributed by atoms with van der Waals surface area (Å²) in [6, 6.07) is 13.6. The van der Waals surface area contributed by atoms with E-state index in [0.717, 1.165) is 11.8 Å². The Labute approximate surface area is 210 Å². The van der Waals surface area contributed by atoms with Crippen LogP contribution in [0.3, 0.4) is 0 Å². The fourth-order valence-corrected chi connectivity index (χ4v) is 5.50. The number of nitrogens with zero attached hydrogens (tertiary/aromatic N) is 3. The first-order valence-corrected chi connectivity index (χ1v) is 14.2. The molecule has 1 aliphatic heterocycles. The molecular formula is C22H27N5O7S2. The largest absolute Gasteiger partial charge is 0.489 e. The van der Waals surface area contributed by atoms with Crippen LogP contribution >= 0.6 is 0 Å². The van der Waals surface area contributed by atoms with Gasteiger partial charge in [0.15, 0.2) is 0 Å². The predicted molar refractivity (Wildman–Crippen MR) is 129 cm³/mol. The summed E-state index contributed by atoms with van der Waals surface area (Å²) in [7, 11) is -7.37. The van der Waals surface area contributed by atoms with Crippen LogP contribution in [-0.4, -0.2) is 82.2 Å². The zero-order valence-corrected chi connectivity index (χ0v) is 21.1. The Morgan fingerprint density at radius 3 is 2.19 bits per heavy atom. The van der Waals surface area contributed by atoms with Gasteiger partial charge >= 0.3 is 0 Å². The van der Waals surface area contributed by atoms with Crippen LogP contribution < -0.4 is 14.9 Å². The SMILES string of the molecule is CS(=O)(=O)N1CCN(C(CNS(=O)(=O)c2ccc(OCc3ccc(C#N)cc3)cc2)C(=O)NO)CC1. The van der Waals surface area contributed by atoms with Gasteiger partial charge in [-0.15, -0.1) is 0 Å². The highest BCUT2D eigenvalue weighted by Gasteiger charge is 2.32. The molecule has 0 spiro atoms. The fourth-order valence-electron chi connectivity index (χ4n) is 3.64.